The van der Waals surface area contributed by atoms with Crippen molar-refractivity contribution in [2.45, 2.75) is 20.3 Å². The number of anilines is 1. The highest BCUT2D eigenvalue weighted by atomic mass is 35.5. The second kappa shape index (κ2) is 7.97. The van der Waals surface area contributed by atoms with Crippen LogP contribution < -0.4 is 5.32 Å². The normalized spacial score (nSPS) is 10.4. The van der Waals surface area contributed by atoms with E-state index in [0.29, 0.717) is 29.7 Å². The van der Waals surface area contributed by atoms with Gasteiger partial charge in [-0.15, -0.1) is 0 Å². The lowest BCUT2D eigenvalue weighted by molar-refractivity contribution is 0.132. The molecule has 0 atom stereocenters. The van der Waals surface area contributed by atoms with E-state index in [-0.39, 0.29) is 0 Å². The van der Waals surface area contributed by atoms with Gasteiger partial charge in [-0.05, 0) is 24.5 Å². The molecule has 0 amide bonds. The zero-order valence-electron chi connectivity index (χ0n) is 10.9. The molecule has 0 spiro atoms. The van der Waals surface area contributed by atoms with E-state index in [4.69, 9.17) is 21.6 Å². The van der Waals surface area contributed by atoms with Crippen molar-refractivity contribution in [3.8, 4) is 6.07 Å². The Morgan fingerprint density at radius 3 is 2.83 bits per heavy atom. The summed E-state index contributed by atoms with van der Waals surface area (Å²) in [5.74, 6) is 0.663. The average molecular weight is 267 g/mol. The third-order valence-corrected chi connectivity index (χ3v) is 2.84. The molecule has 0 heterocycles. The molecule has 0 radical (unpaired) electrons. The lowest BCUT2D eigenvalue weighted by atomic mass is 10.1. The maximum Gasteiger partial charge on any atom is 0.103 e. The minimum atomic E-state index is 0.475. The van der Waals surface area contributed by atoms with Gasteiger partial charge in [-0.25, -0.2) is 0 Å². The van der Waals surface area contributed by atoms with E-state index in [1.54, 1.807) is 6.07 Å². The van der Waals surface area contributed by atoms with Crippen LogP contribution in [0.4, 0.5) is 5.69 Å². The molecule has 1 rings (SSSR count). The van der Waals surface area contributed by atoms with E-state index in [2.05, 4.69) is 25.2 Å². The van der Waals surface area contributed by atoms with Crippen LogP contribution in [0.1, 0.15) is 25.8 Å². The van der Waals surface area contributed by atoms with Crippen molar-refractivity contribution in [2.24, 2.45) is 5.92 Å². The standard InChI is InChI=1S/C14H19ClN2O/c1-11(2)6-8-18-9-7-17-14-5-3-4-13(15)12(14)10-16/h3-5,11,17H,6-9H2,1-2H3. The quantitative estimate of drug-likeness (QED) is 0.766. The third-order valence-electron chi connectivity index (χ3n) is 2.53. The van der Waals surface area contributed by atoms with Gasteiger partial charge in [-0.2, -0.15) is 5.26 Å². The summed E-state index contributed by atoms with van der Waals surface area (Å²) in [6.07, 6.45) is 1.07. The van der Waals surface area contributed by atoms with Gasteiger partial charge in [0.15, 0.2) is 0 Å². The van der Waals surface area contributed by atoms with E-state index in [1.807, 2.05) is 12.1 Å². The number of ether oxygens (including phenoxy) is 1. The van der Waals surface area contributed by atoms with Crippen LogP contribution in [0.5, 0.6) is 0 Å². The van der Waals surface area contributed by atoms with Gasteiger partial charge in [0.1, 0.15) is 6.07 Å². The van der Waals surface area contributed by atoms with Gasteiger partial charge in [0.2, 0.25) is 0 Å². The number of nitrogens with zero attached hydrogens (tertiary/aromatic N) is 1. The monoisotopic (exact) mass is 266 g/mol. The Morgan fingerprint density at radius 2 is 2.17 bits per heavy atom. The number of rotatable bonds is 7. The predicted molar refractivity (Wildman–Crippen MR) is 74.9 cm³/mol. The van der Waals surface area contributed by atoms with Gasteiger partial charge in [-0.1, -0.05) is 31.5 Å². The first-order chi connectivity index (χ1) is 8.65. The van der Waals surface area contributed by atoms with E-state index in [0.717, 1.165) is 18.7 Å². The molecule has 98 valence electrons. The Hall–Kier alpha value is -1.24. The second-order valence-electron chi connectivity index (χ2n) is 4.50. The molecular formula is C14H19ClN2O. The topological polar surface area (TPSA) is 45.0 Å². The van der Waals surface area contributed by atoms with Crippen molar-refractivity contribution in [3.63, 3.8) is 0 Å². The third kappa shape index (κ3) is 4.95. The van der Waals surface area contributed by atoms with Crippen molar-refractivity contribution in [3.05, 3.63) is 28.8 Å². The number of nitrogens with one attached hydrogen (secondary N) is 1. The predicted octanol–water partition coefficient (Wildman–Crippen LogP) is 3.69. The van der Waals surface area contributed by atoms with Crippen LogP contribution in [0.2, 0.25) is 5.02 Å². The molecule has 3 nitrogen and oxygen atoms in total. The highest BCUT2D eigenvalue weighted by molar-refractivity contribution is 6.32. The van der Waals surface area contributed by atoms with Crippen LogP contribution >= 0.6 is 11.6 Å². The molecule has 0 aliphatic heterocycles. The largest absolute Gasteiger partial charge is 0.382 e. The number of hydrogen-bond donors (Lipinski definition) is 1. The molecule has 0 saturated carbocycles. The maximum absolute atomic E-state index is 9.00. The molecule has 0 aliphatic rings. The molecule has 0 fully saturated rings. The van der Waals surface area contributed by atoms with Gasteiger partial charge >= 0.3 is 0 Å². The number of hydrogen-bond acceptors (Lipinski definition) is 3. The van der Waals surface area contributed by atoms with Crippen molar-refractivity contribution in [1.29, 1.82) is 5.26 Å². The zero-order valence-corrected chi connectivity index (χ0v) is 11.6. The summed E-state index contributed by atoms with van der Waals surface area (Å²) < 4.78 is 5.49. The SMILES string of the molecule is CC(C)CCOCCNc1cccc(Cl)c1C#N. The minimum Gasteiger partial charge on any atom is -0.382 e. The summed E-state index contributed by atoms with van der Waals surface area (Å²) in [6.45, 7) is 6.43. The molecule has 0 aromatic heterocycles. The van der Waals surface area contributed by atoms with E-state index >= 15 is 0 Å². The maximum atomic E-state index is 9.00. The second-order valence-corrected chi connectivity index (χ2v) is 4.90. The average Bonchev–Trinajstić information content (AvgIpc) is 2.33. The molecule has 4 heteroatoms. The minimum absolute atomic E-state index is 0.475. The summed E-state index contributed by atoms with van der Waals surface area (Å²) >= 11 is 5.93. The molecule has 1 aromatic carbocycles. The summed E-state index contributed by atoms with van der Waals surface area (Å²) in [7, 11) is 0. The molecule has 0 unspecified atom stereocenters. The highest BCUT2D eigenvalue weighted by Gasteiger charge is 2.05. The Balaban J connectivity index is 2.32. The smallest absolute Gasteiger partial charge is 0.103 e. The number of benzene rings is 1. The van der Waals surface area contributed by atoms with Crippen molar-refractivity contribution >= 4 is 17.3 Å². The first-order valence-electron chi connectivity index (χ1n) is 6.15. The Morgan fingerprint density at radius 1 is 1.39 bits per heavy atom. The molecular weight excluding hydrogens is 248 g/mol. The fourth-order valence-corrected chi connectivity index (χ4v) is 1.68. The van der Waals surface area contributed by atoms with Crippen LogP contribution in [0.15, 0.2) is 18.2 Å². The molecule has 1 N–H and O–H groups in total. The molecule has 18 heavy (non-hydrogen) atoms. The van der Waals surface area contributed by atoms with Gasteiger partial charge in [0.05, 0.1) is 22.9 Å². The van der Waals surface area contributed by atoms with Crippen LogP contribution in [0.3, 0.4) is 0 Å². The van der Waals surface area contributed by atoms with Gasteiger partial charge in [0, 0.05) is 13.2 Å². The molecule has 0 saturated heterocycles. The molecule has 0 bridgehead atoms. The van der Waals surface area contributed by atoms with Crippen molar-refractivity contribution in [1.82, 2.24) is 0 Å². The van der Waals surface area contributed by atoms with E-state index < -0.39 is 0 Å². The van der Waals surface area contributed by atoms with Gasteiger partial charge in [0.25, 0.3) is 0 Å². The van der Waals surface area contributed by atoms with E-state index in [9.17, 15) is 0 Å². The van der Waals surface area contributed by atoms with Crippen LogP contribution in [0, 0.1) is 17.2 Å². The number of halogens is 1. The Labute approximate surface area is 114 Å². The lowest BCUT2D eigenvalue weighted by Crippen LogP contribution is -2.11. The van der Waals surface area contributed by atoms with Gasteiger partial charge in [-0.3, -0.25) is 0 Å². The Kier molecular flexibility index (Phi) is 6.56. The zero-order chi connectivity index (χ0) is 13.4. The van der Waals surface area contributed by atoms with Crippen molar-refractivity contribution < 1.29 is 4.74 Å². The van der Waals surface area contributed by atoms with Crippen LogP contribution in [-0.2, 0) is 4.74 Å². The summed E-state index contributed by atoms with van der Waals surface area (Å²) in [5, 5.41) is 12.6. The molecule has 1 aromatic rings. The van der Waals surface area contributed by atoms with Crippen LogP contribution in [-0.4, -0.2) is 19.8 Å². The fraction of sp³-hybridized carbons (Fsp3) is 0.500. The summed E-state index contributed by atoms with van der Waals surface area (Å²) in [6, 6.07) is 7.48. The highest BCUT2D eigenvalue weighted by Crippen LogP contribution is 2.22. The van der Waals surface area contributed by atoms with E-state index in [1.165, 1.54) is 0 Å². The van der Waals surface area contributed by atoms with Crippen molar-refractivity contribution in [2.75, 3.05) is 25.1 Å². The Bertz CT molecular complexity index is 413. The summed E-state index contributed by atoms with van der Waals surface area (Å²) in [4.78, 5) is 0. The molecule has 0 aliphatic carbocycles. The lowest BCUT2D eigenvalue weighted by Gasteiger charge is -2.10. The number of nitriles is 1. The first-order valence-corrected chi connectivity index (χ1v) is 6.53. The van der Waals surface area contributed by atoms with Gasteiger partial charge < -0.3 is 10.1 Å². The summed E-state index contributed by atoms with van der Waals surface area (Å²) in [5.41, 5.74) is 1.25. The van der Waals surface area contributed by atoms with Crippen LogP contribution in [0.25, 0.3) is 0 Å². The first kappa shape index (κ1) is 14.8. The fourth-order valence-electron chi connectivity index (χ4n) is 1.46.